The van der Waals surface area contributed by atoms with Crippen LogP contribution in [0.3, 0.4) is 0 Å². The van der Waals surface area contributed by atoms with Crippen LogP contribution in [0.1, 0.15) is 28.3 Å². The minimum Gasteiger partial charge on any atom is -0.496 e. The summed E-state index contributed by atoms with van der Waals surface area (Å²) in [5, 5.41) is 0. The number of fused-ring (bicyclic) bond motifs is 1. The summed E-state index contributed by atoms with van der Waals surface area (Å²) in [6.45, 7) is 0. The zero-order valence-corrected chi connectivity index (χ0v) is 16.2. The van der Waals surface area contributed by atoms with Crippen LogP contribution in [0.4, 0.5) is 19.0 Å². The van der Waals surface area contributed by atoms with Crippen molar-refractivity contribution in [2.75, 3.05) is 19.1 Å². The number of anilines is 1. The van der Waals surface area contributed by atoms with Gasteiger partial charge in [-0.05, 0) is 29.3 Å². The molecule has 30 heavy (non-hydrogen) atoms. The Kier molecular flexibility index (Phi) is 5.07. The smallest absolute Gasteiger partial charge is 0.416 e. The first-order chi connectivity index (χ1) is 14.4. The molecule has 0 aliphatic carbocycles. The van der Waals surface area contributed by atoms with Crippen LogP contribution in [0.25, 0.3) is 6.08 Å². The summed E-state index contributed by atoms with van der Waals surface area (Å²) in [6.07, 6.45) is 0.683. The van der Waals surface area contributed by atoms with Gasteiger partial charge in [-0.2, -0.15) is 13.2 Å². The molecule has 4 rings (SSSR count). The van der Waals surface area contributed by atoms with E-state index < -0.39 is 17.8 Å². The molecule has 5 nitrogen and oxygen atoms in total. The predicted octanol–water partition coefficient (Wildman–Crippen LogP) is 5.09. The van der Waals surface area contributed by atoms with Crippen LogP contribution in [-0.2, 0) is 6.18 Å². The van der Waals surface area contributed by atoms with Crippen molar-refractivity contribution in [2.24, 2.45) is 0 Å². The largest absolute Gasteiger partial charge is 0.496 e. The molecular formula is C22H18F3N3O2. The van der Waals surface area contributed by atoms with Gasteiger partial charge in [0.15, 0.2) is 0 Å². The second kappa shape index (κ2) is 7.70. The lowest BCUT2D eigenvalue weighted by molar-refractivity contribution is -0.137. The molecule has 1 aliphatic heterocycles. The van der Waals surface area contributed by atoms with E-state index >= 15 is 0 Å². The first-order valence-electron chi connectivity index (χ1n) is 9.09. The fourth-order valence-electron chi connectivity index (χ4n) is 3.53. The van der Waals surface area contributed by atoms with E-state index in [0.29, 0.717) is 17.3 Å². The molecule has 1 unspecified atom stereocenters. The molecule has 0 N–H and O–H groups in total. The number of ether oxygens (including phenoxy) is 2. The number of nitrogens with zero attached hydrogens (tertiary/aromatic N) is 3. The van der Waals surface area contributed by atoms with Crippen LogP contribution in [0.15, 0.2) is 61.1 Å². The Morgan fingerprint density at radius 3 is 2.47 bits per heavy atom. The second-order valence-electron chi connectivity index (χ2n) is 6.63. The Hall–Kier alpha value is -3.55. The average Bonchev–Trinajstić information content (AvgIpc) is 2.77. The number of hydrogen-bond donors (Lipinski definition) is 0. The predicted molar refractivity (Wildman–Crippen MR) is 106 cm³/mol. The minimum atomic E-state index is -4.46. The van der Waals surface area contributed by atoms with Crippen LogP contribution >= 0.6 is 0 Å². The Morgan fingerprint density at radius 2 is 1.73 bits per heavy atom. The van der Waals surface area contributed by atoms with E-state index in [0.717, 1.165) is 23.3 Å². The summed E-state index contributed by atoms with van der Waals surface area (Å²) in [5.41, 5.74) is 1.69. The molecule has 8 heteroatoms. The summed E-state index contributed by atoms with van der Waals surface area (Å²) >= 11 is 0. The topological polar surface area (TPSA) is 47.5 Å². The van der Waals surface area contributed by atoms with Gasteiger partial charge in [0, 0.05) is 17.8 Å². The highest BCUT2D eigenvalue weighted by Crippen LogP contribution is 2.43. The fourth-order valence-corrected chi connectivity index (χ4v) is 3.53. The maximum absolute atomic E-state index is 13.2. The molecule has 2 aromatic carbocycles. The van der Waals surface area contributed by atoms with Gasteiger partial charge < -0.3 is 14.4 Å². The van der Waals surface area contributed by atoms with Gasteiger partial charge in [-0.15, -0.1) is 0 Å². The summed E-state index contributed by atoms with van der Waals surface area (Å²) in [7, 11) is 2.87. The SMILES string of the molecule is COc1cc(N2C=Cc3ccccc3C2c2ccc(C(F)(F)F)cc2OC)ncn1. The average molecular weight is 413 g/mol. The molecule has 0 spiro atoms. The highest BCUT2D eigenvalue weighted by atomic mass is 19.4. The molecule has 154 valence electrons. The Balaban J connectivity index is 1.90. The molecule has 2 heterocycles. The second-order valence-corrected chi connectivity index (χ2v) is 6.63. The van der Waals surface area contributed by atoms with Crippen molar-refractivity contribution in [2.45, 2.75) is 12.2 Å². The van der Waals surface area contributed by atoms with Crippen molar-refractivity contribution in [1.82, 2.24) is 9.97 Å². The third-order valence-electron chi connectivity index (χ3n) is 4.94. The van der Waals surface area contributed by atoms with E-state index in [1.165, 1.54) is 26.6 Å². The van der Waals surface area contributed by atoms with Gasteiger partial charge in [-0.3, -0.25) is 0 Å². The van der Waals surface area contributed by atoms with Crippen molar-refractivity contribution in [1.29, 1.82) is 0 Å². The van der Waals surface area contributed by atoms with Gasteiger partial charge in [0.25, 0.3) is 0 Å². The molecule has 0 amide bonds. The summed E-state index contributed by atoms with van der Waals surface area (Å²) in [6, 6.07) is 12.4. The maximum Gasteiger partial charge on any atom is 0.416 e. The zero-order valence-electron chi connectivity index (χ0n) is 16.2. The van der Waals surface area contributed by atoms with Crippen LogP contribution < -0.4 is 14.4 Å². The van der Waals surface area contributed by atoms with E-state index in [-0.39, 0.29) is 5.75 Å². The van der Waals surface area contributed by atoms with Crippen LogP contribution in [0, 0.1) is 0 Å². The number of benzene rings is 2. The van der Waals surface area contributed by atoms with E-state index in [4.69, 9.17) is 9.47 Å². The summed E-state index contributed by atoms with van der Waals surface area (Å²) in [5.74, 6) is 1.07. The number of aromatic nitrogens is 2. The van der Waals surface area contributed by atoms with E-state index in [2.05, 4.69) is 9.97 Å². The molecule has 0 saturated carbocycles. The molecule has 3 aromatic rings. The Morgan fingerprint density at radius 1 is 0.933 bits per heavy atom. The van der Waals surface area contributed by atoms with E-state index in [1.54, 1.807) is 6.07 Å². The molecule has 0 fully saturated rings. The lowest BCUT2D eigenvalue weighted by Crippen LogP contribution is -2.28. The van der Waals surface area contributed by atoms with Gasteiger partial charge in [0.05, 0.1) is 25.8 Å². The Bertz CT molecular complexity index is 1100. The van der Waals surface area contributed by atoms with Gasteiger partial charge in [-0.25, -0.2) is 9.97 Å². The third-order valence-corrected chi connectivity index (χ3v) is 4.94. The van der Waals surface area contributed by atoms with Gasteiger partial charge in [0.1, 0.15) is 17.9 Å². The van der Waals surface area contributed by atoms with Gasteiger partial charge in [0.2, 0.25) is 5.88 Å². The first kappa shape index (κ1) is 19.8. The molecular weight excluding hydrogens is 395 g/mol. The molecule has 1 atom stereocenters. The maximum atomic E-state index is 13.2. The van der Waals surface area contributed by atoms with E-state index in [1.807, 2.05) is 41.4 Å². The third kappa shape index (κ3) is 3.56. The molecule has 0 radical (unpaired) electrons. The van der Waals surface area contributed by atoms with Crippen molar-refractivity contribution in [3.8, 4) is 11.6 Å². The normalized spacial score (nSPS) is 15.6. The monoisotopic (exact) mass is 413 g/mol. The standard InChI is InChI=1S/C22H18F3N3O2/c1-29-18-11-15(22(23,24)25)7-8-17(18)21-16-6-4-3-5-14(16)9-10-28(21)19-12-20(30-2)27-13-26-19/h3-13,21H,1-2H3. The van der Waals surface area contributed by atoms with Crippen LogP contribution in [0.2, 0.25) is 0 Å². The fraction of sp³-hybridized carbons (Fsp3) is 0.182. The van der Waals surface area contributed by atoms with Crippen LogP contribution in [-0.4, -0.2) is 24.2 Å². The van der Waals surface area contributed by atoms with Crippen LogP contribution in [0.5, 0.6) is 11.6 Å². The lowest BCUT2D eigenvalue weighted by Gasteiger charge is -2.35. The molecule has 1 aliphatic rings. The minimum absolute atomic E-state index is 0.144. The summed E-state index contributed by atoms with van der Waals surface area (Å²) < 4.78 is 50.3. The zero-order chi connectivity index (χ0) is 21.3. The first-order valence-corrected chi connectivity index (χ1v) is 9.09. The Labute approximate surface area is 171 Å². The van der Waals surface area contributed by atoms with Gasteiger partial charge >= 0.3 is 6.18 Å². The molecule has 0 saturated heterocycles. The molecule has 0 bridgehead atoms. The quantitative estimate of drug-likeness (QED) is 0.596. The summed E-state index contributed by atoms with van der Waals surface area (Å²) in [4.78, 5) is 10.2. The van der Waals surface area contributed by atoms with Crippen molar-refractivity contribution in [3.63, 3.8) is 0 Å². The van der Waals surface area contributed by atoms with E-state index in [9.17, 15) is 13.2 Å². The lowest BCUT2D eigenvalue weighted by atomic mass is 9.89. The van der Waals surface area contributed by atoms with Crippen molar-refractivity contribution in [3.05, 3.63) is 83.3 Å². The van der Waals surface area contributed by atoms with Crippen molar-refractivity contribution < 1.29 is 22.6 Å². The number of hydrogen-bond acceptors (Lipinski definition) is 5. The number of alkyl halides is 3. The highest BCUT2D eigenvalue weighted by molar-refractivity contribution is 5.68. The molecule has 1 aromatic heterocycles. The number of halogens is 3. The number of rotatable bonds is 4. The number of methoxy groups -OCH3 is 2. The highest BCUT2D eigenvalue weighted by Gasteiger charge is 2.34. The van der Waals surface area contributed by atoms with Gasteiger partial charge in [-0.1, -0.05) is 30.3 Å². The van der Waals surface area contributed by atoms with Crippen molar-refractivity contribution >= 4 is 11.9 Å².